The molecule has 1 heterocycles. The van der Waals surface area contributed by atoms with Crippen LogP contribution in [0.4, 0.5) is 0 Å². The highest BCUT2D eigenvalue weighted by Crippen LogP contribution is 2.34. The molecule has 2 N–H and O–H groups in total. The van der Waals surface area contributed by atoms with Gasteiger partial charge in [-0.25, -0.2) is 0 Å². The molecule has 0 saturated heterocycles. The Bertz CT molecular complexity index is 641. The van der Waals surface area contributed by atoms with Gasteiger partial charge in [-0.2, -0.15) is 0 Å². The van der Waals surface area contributed by atoms with E-state index in [1.165, 1.54) is 23.3 Å². The van der Waals surface area contributed by atoms with E-state index in [0.717, 1.165) is 23.9 Å². The predicted octanol–water partition coefficient (Wildman–Crippen LogP) is 1.56. The third kappa shape index (κ3) is 3.45. The maximum Gasteiger partial charge on any atom is 0.311 e. The number of likely N-dealkylation sites (N-methyl/N-ethyl adjacent to an activating group) is 1. The smallest absolute Gasteiger partial charge is 0.311 e. The van der Waals surface area contributed by atoms with Crippen molar-refractivity contribution in [1.82, 2.24) is 4.98 Å². The zero-order chi connectivity index (χ0) is 14.8. The average molecular weight is 287 g/mol. The molecule has 0 bridgehead atoms. The molecule has 1 aliphatic rings. The Labute approximate surface area is 125 Å². The summed E-state index contributed by atoms with van der Waals surface area (Å²) in [5, 5.41) is 1.06. The Morgan fingerprint density at radius 2 is 2.19 bits per heavy atom. The van der Waals surface area contributed by atoms with E-state index < -0.39 is 0 Å². The summed E-state index contributed by atoms with van der Waals surface area (Å²) in [6.45, 7) is 1.05. The van der Waals surface area contributed by atoms with Crippen molar-refractivity contribution < 1.29 is 14.4 Å². The van der Waals surface area contributed by atoms with Gasteiger partial charge in [0.2, 0.25) is 0 Å². The molecule has 3 rings (SSSR count). The lowest BCUT2D eigenvalue weighted by Gasteiger charge is -2.09. The number of hydrogen-bond acceptors (Lipinski definition) is 2. The van der Waals surface area contributed by atoms with Crippen LogP contribution in [0.15, 0.2) is 24.4 Å². The summed E-state index contributed by atoms with van der Waals surface area (Å²) < 4.78 is 5.62. The minimum Gasteiger partial charge on any atom is -0.426 e. The molecule has 0 aliphatic heterocycles. The van der Waals surface area contributed by atoms with E-state index in [1.54, 1.807) is 0 Å². The molecule has 0 spiro atoms. The van der Waals surface area contributed by atoms with Crippen LogP contribution < -0.4 is 9.64 Å². The summed E-state index contributed by atoms with van der Waals surface area (Å²) in [5.74, 6) is 1.15. The van der Waals surface area contributed by atoms with E-state index in [2.05, 4.69) is 19.1 Å². The van der Waals surface area contributed by atoms with Gasteiger partial charge in [-0.15, -0.1) is 0 Å². The van der Waals surface area contributed by atoms with Gasteiger partial charge >= 0.3 is 5.97 Å². The topological polar surface area (TPSA) is 46.5 Å². The van der Waals surface area contributed by atoms with Crippen molar-refractivity contribution in [1.29, 1.82) is 0 Å². The summed E-state index contributed by atoms with van der Waals surface area (Å²) >= 11 is 0. The third-order valence-corrected chi connectivity index (χ3v) is 4.02. The van der Waals surface area contributed by atoms with Gasteiger partial charge in [-0.3, -0.25) is 4.79 Å². The molecule has 1 aliphatic carbocycles. The van der Waals surface area contributed by atoms with Gasteiger partial charge in [0.25, 0.3) is 0 Å². The Hall–Kier alpha value is -1.81. The van der Waals surface area contributed by atoms with Gasteiger partial charge in [-0.05, 0) is 36.5 Å². The molecule has 0 atom stereocenters. The molecule has 2 aromatic rings. The number of carbonyl (C=O) groups is 1. The van der Waals surface area contributed by atoms with Gasteiger partial charge in [0.1, 0.15) is 5.75 Å². The maximum absolute atomic E-state index is 12.0. The quantitative estimate of drug-likeness (QED) is 0.626. The molecule has 4 heteroatoms. The highest BCUT2D eigenvalue weighted by Gasteiger charge is 2.25. The molecular formula is C17H23N2O2+. The van der Waals surface area contributed by atoms with Crippen molar-refractivity contribution in [2.75, 3.05) is 20.6 Å². The number of aromatic nitrogens is 1. The van der Waals surface area contributed by atoms with E-state index in [0.29, 0.717) is 18.1 Å². The van der Waals surface area contributed by atoms with E-state index in [1.807, 2.05) is 24.4 Å². The first-order chi connectivity index (χ1) is 10.1. The number of H-pyrrole nitrogens is 1. The van der Waals surface area contributed by atoms with Crippen molar-refractivity contribution in [3.8, 4) is 5.75 Å². The molecule has 0 amide bonds. The predicted molar refractivity (Wildman–Crippen MR) is 82.7 cm³/mol. The van der Waals surface area contributed by atoms with Crippen molar-refractivity contribution in [3.63, 3.8) is 0 Å². The standard InChI is InChI=1S/C17H22N2O2/c1-19(2)9-8-13-11-18-14-4-3-5-15(17(13)14)21-16(20)10-12-6-7-12/h3-5,11-12,18H,6-10H2,1-2H3/p+1. The minimum absolute atomic E-state index is 0.101. The first-order valence-corrected chi connectivity index (χ1v) is 7.72. The van der Waals surface area contributed by atoms with E-state index in [9.17, 15) is 4.79 Å². The molecule has 21 heavy (non-hydrogen) atoms. The molecule has 4 nitrogen and oxygen atoms in total. The Morgan fingerprint density at radius 1 is 1.38 bits per heavy atom. The Balaban J connectivity index is 1.82. The molecule has 1 saturated carbocycles. The molecule has 112 valence electrons. The van der Waals surface area contributed by atoms with Gasteiger partial charge in [0.05, 0.1) is 20.6 Å². The second kappa shape index (κ2) is 5.90. The van der Waals surface area contributed by atoms with Crippen LogP contribution in [-0.2, 0) is 11.2 Å². The molecule has 1 aromatic carbocycles. The van der Waals surface area contributed by atoms with Crippen LogP contribution in [0.2, 0.25) is 0 Å². The molecule has 1 fully saturated rings. The van der Waals surface area contributed by atoms with Crippen LogP contribution in [-0.4, -0.2) is 31.6 Å². The van der Waals surface area contributed by atoms with Crippen molar-refractivity contribution in [3.05, 3.63) is 30.0 Å². The summed E-state index contributed by atoms with van der Waals surface area (Å²) in [6, 6.07) is 5.85. The fourth-order valence-corrected chi connectivity index (χ4v) is 2.61. The van der Waals surface area contributed by atoms with Gasteiger partial charge < -0.3 is 14.6 Å². The second-order valence-electron chi connectivity index (χ2n) is 6.32. The number of carbonyl (C=O) groups excluding carboxylic acids is 1. The summed E-state index contributed by atoms with van der Waals surface area (Å²) in [6.07, 6.45) is 5.89. The minimum atomic E-state index is -0.101. The van der Waals surface area contributed by atoms with Gasteiger partial charge in [-0.1, -0.05) is 6.07 Å². The van der Waals surface area contributed by atoms with Crippen molar-refractivity contribution in [2.45, 2.75) is 25.7 Å². The SMILES string of the molecule is C[NH+](C)CCc1c[nH]c2cccc(OC(=O)CC3CC3)c12. The van der Waals surface area contributed by atoms with Crippen molar-refractivity contribution in [2.24, 2.45) is 5.92 Å². The molecular weight excluding hydrogens is 264 g/mol. The van der Waals surface area contributed by atoms with Crippen molar-refractivity contribution >= 4 is 16.9 Å². The molecule has 0 radical (unpaired) electrons. The highest BCUT2D eigenvalue weighted by molar-refractivity contribution is 5.91. The molecule has 0 unspecified atom stereocenters. The second-order valence-corrected chi connectivity index (χ2v) is 6.32. The summed E-state index contributed by atoms with van der Waals surface area (Å²) in [5.41, 5.74) is 2.26. The fraction of sp³-hybridized carbons (Fsp3) is 0.471. The number of rotatable bonds is 6. The van der Waals surface area contributed by atoms with Crippen LogP contribution in [0.5, 0.6) is 5.75 Å². The maximum atomic E-state index is 12.0. The lowest BCUT2D eigenvalue weighted by Crippen LogP contribution is -3.05. The number of quaternary nitrogens is 1. The number of hydrogen-bond donors (Lipinski definition) is 2. The van der Waals surface area contributed by atoms with Crippen LogP contribution >= 0.6 is 0 Å². The largest absolute Gasteiger partial charge is 0.426 e. The number of nitrogens with one attached hydrogen (secondary N) is 2. The number of aromatic amines is 1. The monoisotopic (exact) mass is 287 g/mol. The van der Waals surface area contributed by atoms with E-state index >= 15 is 0 Å². The summed E-state index contributed by atoms with van der Waals surface area (Å²) in [7, 11) is 4.29. The number of esters is 1. The Morgan fingerprint density at radius 3 is 2.90 bits per heavy atom. The first-order valence-electron chi connectivity index (χ1n) is 7.72. The van der Waals surface area contributed by atoms with Crippen LogP contribution in [0, 0.1) is 5.92 Å². The van der Waals surface area contributed by atoms with Crippen LogP contribution in [0.25, 0.3) is 10.9 Å². The van der Waals surface area contributed by atoms with Crippen LogP contribution in [0.1, 0.15) is 24.8 Å². The Kier molecular flexibility index (Phi) is 3.97. The first kappa shape index (κ1) is 14.1. The van der Waals surface area contributed by atoms with Gasteiger partial charge in [0, 0.05) is 29.9 Å². The lowest BCUT2D eigenvalue weighted by atomic mass is 10.1. The third-order valence-electron chi connectivity index (χ3n) is 4.02. The zero-order valence-electron chi connectivity index (χ0n) is 12.7. The number of fused-ring (bicyclic) bond motifs is 1. The van der Waals surface area contributed by atoms with Gasteiger partial charge in [0.15, 0.2) is 0 Å². The highest BCUT2D eigenvalue weighted by atomic mass is 16.5. The van der Waals surface area contributed by atoms with E-state index in [4.69, 9.17) is 4.74 Å². The lowest BCUT2D eigenvalue weighted by molar-refractivity contribution is -0.858. The normalized spacial score (nSPS) is 14.8. The molecule has 1 aromatic heterocycles. The zero-order valence-corrected chi connectivity index (χ0v) is 12.7. The van der Waals surface area contributed by atoms with E-state index in [-0.39, 0.29) is 5.97 Å². The van der Waals surface area contributed by atoms with Crippen LogP contribution in [0.3, 0.4) is 0 Å². The number of benzene rings is 1. The summed E-state index contributed by atoms with van der Waals surface area (Å²) in [4.78, 5) is 16.7. The fourth-order valence-electron chi connectivity index (χ4n) is 2.61. The number of ether oxygens (including phenoxy) is 1. The average Bonchev–Trinajstić information content (AvgIpc) is 3.14.